The normalized spacial score (nSPS) is 19.2. The summed E-state index contributed by atoms with van der Waals surface area (Å²) in [6, 6.07) is 9.70. The maximum Gasteiger partial charge on any atom is 0.251 e. The third-order valence-corrected chi connectivity index (χ3v) is 6.05. The minimum Gasteiger partial charge on any atom is -0.368 e. The van der Waals surface area contributed by atoms with E-state index in [9.17, 15) is 9.59 Å². The van der Waals surface area contributed by atoms with Gasteiger partial charge in [-0.15, -0.1) is 0 Å². The Morgan fingerprint density at radius 1 is 1.13 bits per heavy atom. The van der Waals surface area contributed by atoms with E-state index in [1.54, 1.807) is 6.92 Å². The average molecular weight is 427 g/mol. The standard InChI is InChI=1S/C22H26N4O3S/c1-15-19(16(2)27)20(23-22(30)26(15)17-7-4-3-5-8-17)24-10-12-25(13-11-24)21(28)18-9-6-14-29-18/h3-5,7-8,18H,6,9-14H2,1-2H3. The molecule has 0 N–H and O–H groups in total. The number of anilines is 1. The molecule has 0 radical (unpaired) electrons. The molecule has 1 atom stereocenters. The third kappa shape index (κ3) is 3.89. The van der Waals surface area contributed by atoms with Gasteiger partial charge < -0.3 is 14.5 Å². The van der Waals surface area contributed by atoms with Crippen LogP contribution in [-0.4, -0.2) is 65.0 Å². The van der Waals surface area contributed by atoms with Crippen LogP contribution in [0.5, 0.6) is 0 Å². The van der Waals surface area contributed by atoms with Gasteiger partial charge in [-0.05, 0) is 51.0 Å². The quantitative estimate of drug-likeness (QED) is 0.553. The van der Waals surface area contributed by atoms with Crippen molar-refractivity contribution in [3.8, 4) is 5.69 Å². The van der Waals surface area contributed by atoms with Crippen LogP contribution in [0.15, 0.2) is 30.3 Å². The first-order chi connectivity index (χ1) is 14.5. The molecule has 2 aliphatic rings. The number of ether oxygens (including phenoxy) is 1. The monoisotopic (exact) mass is 426 g/mol. The maximum atomic E-state index is 12.6. The zero-order valence-corrected chi connectivity index (χ0v) is 18.2. The number of rotatable bonds is 4. The van der Waals surface area contributed by atoms with Crippen LogP contribution >= 0.6 is 12.2 Å². The topological polar surface area (TPSA) is 67.7 Å². The number of hydrogen-bond donors (Lipinski definition) is 0. The van der Waals surface area contributed by atoms with Crippen molar-refractivity contribution >= 4 is 29.7 Å². The molecule has 4 rings (SSSR count). The van der Waals surface area contributed by atoms with Crippen LogP contribution in [0.1, 0.15) is 35.8 Å². The Labute approximate surface area is 181 Å². The molecule has 1 aromatic carbocycles. The van der Waals surface area contributed by atoms with Gasteiger partial charge in [-0.25, -0.2) is 4.98 Å². The lowest BCUT2D eigenvalue weighted by molar-refractivity contribution is -0.141. The van der Waals surface area contributed by atoms with Gasteiger partial charge in [-0.1, -0.05) is 18.2 Å². The van der Waals surface area contributed by atoms with Crippen molar-refractivity contribution in [2.75, 3.05) is 37.7 Å². The number of nitrogens with zero attached hydrogens (tertiary/aromatic N) is 4. The Hall–Kier alpha value is -2.58. The van der Waals surface area contributed by atoms with Crippen molar-refractivity contribution in [2.45, 2.75) is 32.8 Å². The molecule has 2 aliphatic heterocycles. The highest BCUT2D eigenvalue weighted by Crippen LogP contribution is 2.26. The highest BCUT2D eigenvalue weighted by Gasteiger charge is 2.31. The lowest BCUT2D eigenvalue weighted by atomic mass is 10.1. The maximum absolute atomic E-state index is 12.6. The number of benzene rings is 1. The van der Waals surface area contributed by atoms with Crippen LogP contribution in [-0.2, 0) is 9.53 Å². The SMILES string of the molecule is CC(=O)c1c(N2CCN(C(=O)C3CCCO3)CC2)nc(=S)n(-c2ccccc2)c1C. The van der Waals surface area contributed by atoms with Gasteiger partial charge in [0.1, 0.15) is 11.9 Å². The smallest absolute Gasteiger partial charge is 0.251 e. The molecule has 3 heterocycles. The molecule has 7 nitrogen and oxygen atoms in total. The fourth-order valence-corrected chi connectivity index (χ4v) is 4.58. The lowest BCUT2D eigenvalue weighted by Gasteiger charge is -2.37. The van der Waals surface area contributed by atoms with Crippen molar-refractivity contribution in [2.24, 2.45) is 0 Å². The van der Waals surface area contributed by atoms with Crippen molar-refractivity contribution < 1.29 is 14.3 Å². The van der Waals surface area contributed by atoms with Gasteiger partial charge in [0.25, 0.3) is 5.91 Å². The Morgan fingerprint density at radius 2 is 1.83 bits per heavy atom. The molecule has 30 heavy (non-hydrogen) atoms. The van der Waals surface area contributed by atoms with Crippen LogP contribution in [0.4, 0.5) is 5.82 Å². The molecule has 2 aromatic rings. The van der Waals surface area contributed by atoms with Crippen LogP contribution in [0.3, 0.4) is 0 Å². The highest BCUT2D eigenvalue weighted by atomic mass is 32.1. The van der Waals surface area contributed by atoms with Crippen molar-refractivity contribution in [1.82, 2.24) is 14.5 Å². The summed E-state index contributed by atoms with van der Waals surface area (Å²) in [6.07, 6.45) is 1.44. The highest BCUT2D eigenvalue weighted by molar-refractivity contribution is 7.71. The molecule has 158 valence electrons. The van der Waals surface area contributed by atoms with Gasteiger partial charge >= 0.3 is 0 Å². The molecule has 0 saturated carbocycles. The molecule has 0 spiro atoms. The van der Waals surface area contributed by atoms with E-state index in [-0.39, 0.29) is 17.8 Å². The summed E-state index contributed by atoms with van der Waals surface area (Å²) in [5.41, 5.74) is 2.24. The summed E-state index contributed by atoms with van der Waals surface area (Å²) in [6.45, 7) is 6.50. The molecule has 1 amide bonds. The zero-order chi connectivity index (χ0) is 21.3. The molecule has 0 bridgehead atoms. The summed E-state index contributed by atoms with van der Waals surface area (Å²) in [5, 5.41) is 0. The number of Topliss-reactive ketones (excluding diaryl/α,β-unsaturated/α-hetero) is 1. The van der Waals surface area contributed by atoms with E-state index in [1.807, 2.05) is 46.7 Å². The number of aromatic nitrogens is 2. The summed E-state index contributed by atoms with van der Waals surface area (Å²) >= 11 is 5.59. The van der Waals surface area contributed by atoms with Gasteiger partial charge in [0, 0.05) is 44.2 Å². The minimum absolute atomic E-state index is 0.0486. The van der Waals surface area contributed by atoms with E-state index in [2.05, 4.69) is 9.88 Å². The number of ketones is 1. The molecule has 1 unspecified atom stereocenters. The number of carbonyl (C=O) groups is 2. The molecule has 1 aromatic heterocycles. The molecular formula is C22H26N4O3S. The van der Waals surface area contributed by atoms with E-state index in [0.717, 1.165) is 24.2 Å². The largest absolute Gasteiger partial charge is 0.368 e. The van der Waals surface area contributed by atoms with Gasteiger partial charge in [0.15, 0.2) is 5.78 Å². The zero-order valence-electron chi connectivity index (χ0n) is 17.3. The molecule has 8 heteroatoms. The summed E-state index contributed by atoms with van der Waals surface area (Å²) in [5.74, 6) is 0.635. The number of piperazine rings is 1. The van der Waals surface area contributed by atoms with Crippen LogP contribution in [0, 0.1) is 11.7 Å². The Bertz CT molecular complexity index is 1010. The first-order valence-electron chi connectivity index (χ1n) is 10.3. The number of hydrogen-bond acceptors (Lipinski definition) is 6. The number of amides is 1. The van der Waals surface area contributed by atoms with E-state index in [0.29, 0.717) is 48.9 Å². The molecule has 2 fully saturated rings. The molecule has 2 saturated heterocycles. The number of para-hydroxylation sites is 1. The second-order valence-electron chi connectivity index (χ2n) is 7.72. The van der Waals surface area contributed by atoms with E-state index in [1.165, 1.54) is 0 Å². The second-order valence-corrected chi connectivity index (χ2v) is 8.08. The van der Waals surface area contributed by atoms with Gasteiger partial charge in [0.2, 0.25) is 4.77 Å². The minimum atomic E-state index is -0.300. The van der Waals surface area contributed by atoms with Crippen LogP contribution in [0.25, 0.3) is 5.69 Å². The molecular weight excluding hydrogens is 400 g/mol. The van der Waals surface area contributed by atoms with Gasteiger partial charge in [-0.3, -0.25) is 14.2 Å². The fraction of sp³-hybridized carbons (Fsp3) is 0.455. The predicted octanol–water partition coefficient (Wildman–Crippen LogP) is 2.94. The van der Waals surface area contributed by atoms with Crippen LogP contribution < -0.4 is 4.90 Å². The van der Waals surface area contributed by atoms with E-state index < -0.39 is 0 Å². The Balaban J connectivity index is 1.61. The second kappa shape index (κ2) is 8.65. The van der Waals surface area contributed by atoms with Crippen molar-refractivity contribution in [1.29, 1.82) is 0 Å². The average Bonchev–Trinajstić information content (AvgIpc) is 3.28. The van der Waals surface area contributed by atoms with Gasteiger partial charge in [-0.2, -0.15) is 0 Å². The van der Waals surface area contributed by atoms with E-state index in [4.69, 9.17) is 17.0 Å². The summed E-state index contributed by atoms with van der Waals surface area (Å²) < 4.78 is 7.79. The molecule has 0 aliphatic carbocycles. The van der Waals surface area contributed by atoms with Gasteiger partial charge in [0.05, 0.1) is 5.56 Å². The third-order valence-electron chi connectivity index (χ3n) is 5.78. The van der Waals surface area contributed by atoms with Crippen molar-refractivity contribution in [3.63, 3.8) is 0 Å². The van der Waals surface area contributed by atoms with Crippen molar-refractivity contribution in [3.05, 3.63) is 46.4 Å². The first kappa shape index (κ1) is 20.7. The lowest BCUT2D eigenvalue weighted by Crippen LogP contribution is -2.52. The Kier molecular flexibility index (Phi) is 5.97. The predicted molar refractivity (Wildman–Crippen MR) is 117 cm³/mol. The van der Waals surface area contributed by atoms with Crippen LogP contribution in [0.2, 0.25) is 0 Å². The number of carbonyl (C=O) groups excluding carboxylic acids is 2. The summed E-state index contributed by atoms with van der Waals surface area (Å²) in [4.78, 5) is 33.8. The first-order valence-corrected chi connectivity index (χ1v) is 10.7. The fourth-order valence-electron chi connectivity index (χ4n) is 4.25. The summed E-state index contributed by atoms with van der Waals surface area (Å²) in [7, 11) is 0. The Morgan fingerprint density at radius 3 is 2.43 bits per heavy atom. The van der Waals surface area contributed by atoms with E-state index >= 15 is 0 Å².